The first-order chi connectivity index (χ1) is 9.04. The van der Waals surface area contributed by atoms with Gasteiger partial charge in [-0.05, 0) is 17.7 Å². The summed E-state index contributed by atoms with van der Waals surface area (Å²) >= 11 is 4.23. The monoisotopic (exact) mass is 275 g/mol. The summed E-state index contributed by atoms with van der Waals surface area (Å²) in [6, 6.07) is 7.65. The van der Waals surface area contributed by atoms with Crippen molar-refractivity contribution in [2.24, 2.45) is 7.05 Å². The topological polar surface area (TPSA) is 38.1 Å². The minimum absolute atomic E-state index is 0.0933. The number of carbonyl (C=O) groups is 1. The summed E-state index contributed by atoms with van der Waals surface area (Å²) in [5.41, 5.74) is 2.03. The van der Waals surface area contributed by atoms with E-state index in [1.165, 1.54) is 0 Å². The number of hydrogen-bond acceptors (Lipinski definition) is 3. The number of thiol groups is 1. The molecule has 2 aromatic rings. The van der Waals surface area contributed by atoms with E-state index in [1.54, 1.807) is 15.8 Å². The highest BCUT2D eigenvalue weighted by Gasteiger charge is 2.10. The molecule has 1 amide bonds. The Morgan fingerprint density at radius 1 is 1.32 bits per heavy atom. The van der Waals surface area contributed by atoms with Crippen molar-refractivity contribution in [3.63, 3.8) is 0 Å². The third kappa shape index (κ3) is 3.86. The molecule has 0 fully saturated rings. The lowest BCUT2D eigenvalue weighted by molar-refractivity contribution is -0.129. The minimum atomic E-state index is 0.0933. The maximum absolute atomic E-state index is 12.1. The normalized spacial score (nSPS) is 10.5. The van der Waals surface area contributed by atoms with Crippen LogP contribution in [0.4, 0.5) is 0 Å². The molecule has 0 aliphatic rings. The molecule has 0 saturated heterocycles. The molecule has 0 N–H and O–H groups in total. The number of carbonyl (C=O) groups excluding carboxylic acids is 1. The molecule has 0 radical (unpaired) electrons. The molecule has 100 valence electrons. The van der Waals surface area contributed by atoms with Gasteiger partial charge < -0.3 is 4.90 Å². The number of amides is 1. The average molecular weight is 275 g/mol. The van der Waals surface area contributed by atoms with Crippen LogP contribution in [0.2, 0.25) is 0 Å². The Hall–Kier alpha value is -1.75. The quantitative estimate of drug-likeness (QED) is 0.866. The van der Waals surface area contributed by atoms with Crippen molar-refractivity contribution in [2.75, 3.05) is 7.05 Å². The molecule has 1 aromatic heterocycles. The molecule has 2 rings (SSSR count). The maximum atomic E-state index is 12.1. The van der Waals surface area contributed by atoms with Gasteiger partial charge in [-0.25, -0.2) is 0 Å². The SMILES string of the molecule is CN(Cc1cnn(C)c1)C(=O)Cc1ccc(S)cc1. The third-order valence-electron chi connectivity index (χ3n) is 2.90. The molecule has 0 unspecified atom stereocenters. The molecule has 0 aliphatic heterocycles. The van der Waals surface area contributed by atoms with Crippen LogP contribution in [0, 0.1) is 0 Å². The summed E-state index contributed by atoms with van der Waals surface area (Å²) in [6.07, 6.45) is 4.10. The summed E-state index contributed by atoms with van der Waals surface area (Å²) in [5, 5.41) is 4.09. The average Bonchev–Trinajstić information content (AvgIpc) is 2.77. The molecular formula is C14H17N3OS. The predicted molar refractivity (Wildman–Crippen MR) is 77.1 cm³/mol. The van der Waals surface area contributed by atoms with Crippen molar-refractivity contribution in [2.45, 2.75) is 17.9 Å². The Kier molecular flexibility index (Phi) is 4.27. The Labute approximate surface area is 118 Å². The Morgan fingerprint density at radius 3 is 2.58 bits per heavy atom. The van der Waals surface area contributed by atoms with Gasteiger partial charge in [0.05, 0.1) is 12.6 Å². The second-order valence-corrected chi connectivity index (χ2v) is 5.13. The molecule has 0 spiro atoms. The van der Waals surface area contributed by atoms with E-state index in [0.717, 1.165) is 16.0 Å². The highest BCUT2D eigenvalue weighted by atomic mass is 32.1. The van der Waals surface area contributed by atoms with E-state index in [1.807, 2.05) is 44.6 Å². The molecule has 1 heterocycles. The van der Waals surface area contributed by atoms with Crippen molar-refractivity contribution in [3.8, 4) is 0 Å². The molecule has 1 aromatic carbocycles. The molecule has 5 heteroatoms. The van der Waals surface area contributed by atoms with E-state index in [9.17, 15) is 4.79 Å². The molecule has 0 saturated carbocycles. The summed E-state index contributed by atoms with van der Waals surface area (Å²) in [5.74, 6) is 0.0933. The number of hydrogen-bond donors (Lipinski definition) is 1. The van der Waals surface area contributed by atoms with Gasteiger partial charge in [-0.3, -0.25) is 9.48 Å². The standard InChI is InChI=1S/C14H17N3OS/c1-16(9-12-8-15-17(2)10-12)14(18)7-11-3-5-13(19)6-4-11/h3-6,8,10,19H,7,9H2,1-2H3. The lowest BCUT2D eigenvalue weighted by Crippen LogP contribution is -2.27. The van der Waals surface area contributed by atoms with E-state index in [0.29, 0.717) is 13.0 Å². The third-order valence-corrected chi connectivity index (χ3v) is 3.19. The fraction of sp³-hybridized carbons (Fsp3) is 0.286. The van der Waals surface area contributed by atoms with Crippen LogP contribution in [0.25, 0.3) is 0 Å². The van der Waals surface area contributed by atoms with E-state index < -0.39 is 0 Å². The van der Waals surface area contributed by atoms with Gasteiger partial charge in [0.25, 0.3) is 0 Å². The Balaban J connectivity index is 1.94. The van der Waals surface area contributed by atoms with E-state index in [2.05, 4.69) is 17.7 Å². The molecule has 0 bridgehead atoms. The first kappa shape index (κ1) is 13.7. The van der Waals surface area contributed by atoms with Crippen LogP contribution in [-0.4, -0.2) is 27.6 Å². The fourth-order valence-electron chi connectivity index (χ4n) is 1.84. The number of likely N-dealkylation sites (N-methyl/N-ethyl adjacent to an activating group) is 1. The second kappa shape index (κ2) is 5.93. The van der Waals surface area contributed by atoms with Gasteiger partial charge in [-0.15, -0.1) is 12.6 Å². The zero-order valence-corrected chi connectivity index (χ0v) is 12.0. The van der Waals surface area contributed by atoms with Gasteiger partial charge in [0.2, 0.25) is 5.91 Å². The van der Waals surface area contributed by atoms with Crippen LogP contribution in [0.5, 0.6) is 0 Å². The smallest absolute Gasteiger partial charge is 0.227 e. The summed E-state index contributed by atoms with van der Waals surface area (Å²) in [6.45, 7) is 0.581. The lowest BCUT2D eigenvalue weighted by atomic mass is 10.1. The zero-order chi connectivity index (χ0) is 13.8. The number of benzene rings is 1. The van der Waals surface area contributed by atoms with Crippen LogP contribution in [-0.2, 0) is 24.8 Å². The van der Waals surface area contributed by atoms with Crippen LogP contribution >= 0.6 is 12.6 Å². The maximum Gasteiger partial charge on any atom is 0.227 e. The van der Waals surface area contributed by atoms with Crippen molar-refractivity contribution < 1.29 is 4.79 Å². The number of nitrogens with zero attached hydrogens (tertiary/aromatic N) is 3. The minimum Gasteiger partial charge on any atom is -0.341 e. The number of aryl methyl sites for hydroxylation is 1. The lowest BCUT2D eigenvalue weighted by Gasteiger charge is -2.16. The fourth-order valence-corrected chi connectivity index (χ4v) is 1.99. The summed E-state index contributed by atoms with van der Waals surface area (Å²) in [4.78, 5) is 14.7. The van der Waals surface area contributed by atoms with Crippen molar-refractivity contribution in [1.82, 2.24) is 14.7 Å². The van der Waals surface area contributed by atoms with Crippen LogP contribution < -0.4 is 0 Å². The Morgan fingerprint density at radius 2 is 2.00 bits per heavy atom. The highest BCUT2D eigenvalue weighted by molar-refractivity contribution is 7.80. The molecule has 0 atom stereocenters. The number of rotatable bonds is 4. The molecule has 0 aliphatic carbocycles. The Bertz CT molecular complexity index is 562. The van der Waals surface area contributed by atoms with Gasteiger partial charge in [-0.2, -0.15) is 5.10 Å². The highest BCUT2D eigenvalue weighted by Crippen LogP contribution is 2.10. The van der Waals surface area contributed by atoms with Crippen molar-refractivity contribution >= 4 is 18.5 Å². The molecular weight excluding hydrogens is 258 g/mol. The van der Waals surface area contributed by atoms with E-state index in [4.69, 9.17) is 0 Å². The van der Waals surface area contributed by atoms with Crippen molar-refractivity contribution in [3.05, 3.63) is 47.8 Å². The van der Waals surface area contributed by atoms with Gasteiger partial charge in [0, 0.05) is 37.3 Å². The van der Waals surface area contributed by atoms with Crippen LogP contribution in [0.15, 0.2) is 41.6 Å². The second-order valence-electron chi connectivity index (χ2n) is 4.62. The van der Waals surface area contributed by atoms with Gasteiger partial charge in [0.1, 0.15) is 0 Å². The summed E-state index contributed by atoms with van der Waals surface area (Å²) in [7, 11) is 3.67. The number of aromatic nitrogens is 2. The summed E-state index contributed by atoms with van der Waals surface area (Å²) < 4.78 is 1.74. The van der Waals surface area contributed by atoms with E-state index in [-0.39, 0.29) is 5.91 Å². The predicted octanol–water partition coefficient (Wildman–Crippen LogP) is 1.91. The molecule has 19 heavy (non-hydrogen) atoms. The molecule has 4 nitrogen and oxygen atoms in total. The first-order valence-corrected chi connectivity index (χ1v) is 6.48. The van der Waals surface area contributed by atoms with Gasteiger partial charge >= 0.3 is 0 Å². The van der Waals surface area contributed by atoms with Gasteiger partial charge in [-0.1, -0.05) is 12.1 Å². The van der Waals surface area contributed by atoms with Gasteiger partial charge in [0.15, 0.2) is 0 Å². The zero-order valence-electron chi connectivity index (χ0n) is 11.1. The van der Waals surface area contributed by atoms with Crippen LogP contribution in [0.3, 0.4) is 0 Å². The largest absolute Gasteiger partial charge is 0.341 e. The van der Waals surface area contributed by atoms with E-state index >= 15 is 0 Å². The first-order valence-electron chi connectivity index (χ1n) is 6.04. The van der Waals surface area contributed by atoms with Crippen LogP contribution in [0.1, 0.15) is 11.1 Å². The van der Waals surface area contributed by atoms with Crippen molar-refractivity contribution in [1.29, 1.82) is 0 Å².